The van der Waals surface area contributed by atoms with Gasteiger partial charge in [0.2, 0.25) is 5.82 Å². The van der Waals surface area contributed by atoms with Gasteiger partial charge in [-0.1, -0.05) is 6.92 Å². The van der Waals surface area contributed by atoms with Crippen LogP contribution in [0.25, 0.3) is 11.6 Å². The molecule has 3 aromatic rings. The second kappa shape index (κ2) is 10.3. The zero-order chi connectivity index (χ0) is 17.5. The predicted octanol–water partition coefficient (Wildman–Crippen LogP) is 3.21. The van der Waals surface area contributed by atoms with Gasteiger partial charge in [0.25, 0.3) is 0 Å². The number of rotatable bonds is 7. The van der Waals surface area contributed by atoms with Crippen LogP contribution >= 0.6 is 35.3 Å². The van der Waals surface area contributed by atoms with E-state index in [1.807, 2.05) is 23.5 Å². The van der Waals surface area contributed by atoms with Crippen molar-refractivity contribution in [3.63, 3.8) is 0 Å². The number of aromatic amines is 1. The normalized spacial score (nSPS) is 11.2. The lowest BCUT2D eigenvalue weighted by molar-refractivity contribution is 0.577. The molecule has 7 nitrogen and oxygen atoms in total. The molecule has 0 saturated carbocycles. The Bertz CT molecular complexity index is 811. The summed E-state index contributed by atoms with van der Waals surface area (Å²) in [6, 6.07) is 8.00. The lowest BCUT2D eigenvalue weighted by atomic mass is 10.3. The molecule has 0 aliphatic heterocycles. The Labute approximate surface area is 173 Å². The third-order valence-corrected chi connectivity index (χ3v) is 4.88. The van der Waals surface area contributed by atoms with Gasteiger partial charge in [-0.2, -0.15) is 5.10 Å². The van der Waals surface area contributed by atoms with E-state index in [4.69, 9.17) is 4.42 Å². The van der Waals surface area contributed by atoms with Crippen LogP contribution in [0.2, 0.25) is 0 Å². The fraction of sp³-hybridized carbons (Fsp3) is 0.353. The Morgan fingerprint density at radius 1 is 1.27 bits per heavy atom. The zero-order valence-corrected chi connectivity index (χ0v) is 17.9. The first-order valence-electron chi connectivity index (χ1n) is 8.25. The van der Waals surface area contributed by atoms with Crippen molar-refractivity contribution in [2.75, 3.05) is 13.6 Å². The van der Waals surface area contributed by atoms with Crippen LogP contribution in [0.4, 0.5) is 0 Å². The van der Waals surface area contributed by atoms with Crippen LogP contribution in [0.15, 0.2) is 39.9 Å². The van der Waals surface area contributed by atoms with Gasteiger partial charge in [0.15, 0.2) is 11.7 Å². The molecule has 0 unspecified atom stereocenters. The number of H-pyrrole nitrogens is 1. The standard InChI is InChI=1S/C17H22N6OS.HI/c1-3-12-6-7-13(25-12)11-20-17(18-2)19-9-8-15-21-16(23-22-15)14-5-4-10-24-14;/h4-7,10H,3,8-9,11H2,1-2H3,(H2,18,19,20)(H,21,22,23);1H. The average Bonchev–Trinajstić information content (AvgIpc) is 3.39. The van der Waals surface area contributed by atoms with Crippen molar-refractivity contribution in [3.8, 4) is 11.6 Å². The summed E-state index contributed by atoms with van der Waals surface area (Å²) in [6.45, 7) is 3.65. The number of nitrogens with one attached hydrogen (secondary N) is 3. The molecule has 3 aromatic heterocycles. The maximum atomic E-state index is 5.29. The van der Waals surface area contributed by atoms with Crippen LogP contribution in [0.5, 0.6) is 0 Å². The van der Waals surface area contributed by atoms with Crippen molar-refractivity contribution in [2.45, 2.75) is 26.3 Å². The number of aryl methyl sites for hydroxylation is 1. The third kappa shape index (κ3) is 5.56. The molecule has 0 spiro atoms. The fourth-order valence-electron chi connectivity index (χ4n) is 2.32. The smallest absolute Gasteiger partial charge is 0.216 e. The van der Waals surface area contributed by atoms with E-state index in [1.165, 1.54) is 9.75 Å². The number of halogens is 1. The maximum absolute atomic E-state index is 5.29. The van der Waals surface area contributed by atoms with Gasteiger partial charge in [0, 0.05) is 29.8 Å². The van der Waals surface area contributed by atoms with Crippen molar-refractivity contribution < 1.29 is 4.42 Å². The van der Waals surface area contributed by atoms with Gasteiger partial charge in [-0.05, 0) is 30.7 Å². The fourth-order valence-corrected chi connectivity index (χ4v) is 3.22. The number of aliphatic imine (C=N–C) groups is 1. The number of nitrogens with zero attached hydrogens (tertiary/aromatic N) is 3. The quantitative estimate of drug-likeness (QED) is 0.271. The molecule has 0 bridgehead atoms. The van der Waals surface area contributed by atoms with Crippen molar-refractivity contribution in [3.05, 3.63) is 46.1 Å². The summed E-state index contributed by atoms with van der Waals surface area (Å²) >= 11 is 1.83. The molecule has 0 radical (unpaired) electrons. The second-order valence-electron chi connectivity index (χ2n) is 5.41. The van der Waals surface area contributed by atoms with Crippen LogP contribution in [0.1, 0.15) is 22.5 Å². The van der Waals surface area contributed by atoms with E-state index < -0.39 is 0 Å². The Morgan fingerprint density at radius 3 is 2.81 bits per heavy atom. The lowest BCUT2D eigenvalue weighted by Gasteiger charge is -2.10. The Morgan fingerprint density at radius 2 is 2.12 bits per heavy atom. The molecule has 0 atom stereocenters. The van der Waals surface area contributed by atoms with Gasteiger partial charge < -0.3 is 15.1 Å². The Balaban J connectivity index is 0.00000243. The predicted molar refractivity (Wildman–Crippen MR) is 115 cm³/mol. The molecule has 9 heteroatoms. The molecule has 0 aliphatic carbocycles. The summed E-state index contributed by atoms with van der Waals surface area (Å²) in [6.07, 6.45) is 3.40. The van der Waals surface area contributed by atoms with Gasteiger partial charge in [0.1, 0.15) is 5.82 Å². The van der Waals surface area contributed by atoms with Gasteiger partial charge >= 0.3 is 0 Å². The minimum Gasteiger partial charge on any atom is -0.461 e. The highest BCUT2D eigenvalue weighted by Crippen LogP contribution is 2.16. The third-order valence-electron chi connectivity index (χ3n) is 3.65. The molecule has 0 fully saturated rings. The van der Waals surface area contributed by atoms with E-state index in [0.29, 0.717) is 24.6 Å². The topological polar surface area (TPSA) is 91.1 Å². The highest BCUT2D eigenvalue weighted by molar-refractivity contribution is 14.0. The van der Waals surface area contributed by atoms with Crippen LogP contribution in [0, 0.1) is 0 Å². The summed E-state index contributed by atoms with van der Waals surface area (Å²) in [5, 5.41) is 13.7. The van der Waals surface area contributed by atoms with Crippen LogP contribution in [0.3, 0.4) is 0 Å². The number of furan rings is 1. The molecular formula is C17H23IN6OS. The highest BCUT2D eigenvalue weighted by Gasteiger charge is 2.08. The SMILES string of the molecule is CCc1ccc(CNC(=NC)NCCc2nc(-c3ccco3)n[nH]2)s1.I. The first kappa shape index (κ1) is 20.4. The van der Waals surface area contributed by atoms with Gasteiger partial charge in [0.05, 0.1) is 12.8 Å². The summed E-state index contributed by atoms with van der Waals surface area (Å²) in [5.41, 5.74) is 0. The number of thiophene rings is 1. The first-order chi connectivity index (χ1) is 12.3. The van der Waals surface area contributed by atoms with E-state index in [2.05, 4.69) is 49.9 Å². The highest BCUT2D eigenvalue weighted by atomic mass is 127. The minimum atomic E-state index is 0. The van der Waals surface area contributed by atoms with Gasteiger partial charge in [-0.15, -0.1) is 35.3 Å². The molecule has 0 aliphatic rings. The van der Waals surface area contributed by atoms with E-state index in [0.717, 1.165) is 24.7 Å². The Hall–Kier alpha value is -1.88. The van der Waals surface area contributed by atoms with Crippen LogP contribution in [-0.2, 0) is 19.4 Å². The van der Waals surface area contributed by atoms with E-state index in [-0.39, 0.29) is 24.0 Å². The van der Waals surface area contributed by atoms with Crippen molar-refractivity contribution >= 4 is 41.3 Å². The number of guanidine groups is 1. The summed E-state index contributed by atoms with van der Waals surface area (Å²) in [7, 11) is 1.77. The minimum absolute atomic E-state index is 0. The molecule has 0 aromatic carbocycles. The molecule has 140 valence electrons. The first-order valence-corrected chi connectivity index (χ1v) is 9.07. The van der Waals surface area contributed by atoms with Crippen LogP contribution < -0.4 is 10.6 Å². The molecule has 3 N–H and O–H groups in total. The van der Waals surface area contributed by atoms with E-state index in [1.54, 1.807) is 13.3 Å². The largest absolute Gasteiger partial charge is 0.461 e. The molecule has 26 heavy (non-hydrogen) atoms. The lowest BCUT2D eigenvalue weighted by Crippen LogP contribution is -2.37. The average molecular weight is 486 g/mol. The monoisotopic (exact) mass is 486 g/mol. The van der Waals surface area contributed by atoms with E-state index >= 15 is 0 Å². The summed E-state index contributed by atoms with van der Waals surface area (Å²) < 4.78 is 5.29. The summed E-state index contributed by atoms with van der Waals surface area (Å²) in [4.78, 5) is 11.4. The number of hydrogen-bond acceptors (Lipinski definition) is 5. The second-order valence-corrected chi connectivity index (χ2v) is 6.66. The van der Waals surface area contributed by atoms with Crippen LogP contribution in [-0.4, -0.2) is 34.7 Å². The van der Waals surface area contributed by atoms with Gasteiger partial charge in [-0.25, -0.2) is 4.98 Å². The summed E-state index contributed by atoms with van der Waals surface area (Å²) in [5.74, 6) is 2.82. The zero-order valence-electron chi connectivity index (χ0n) is 14.8. The number of aromatic nitrogens is 3. The number of hydrogen-bond donors (Lipinski definition) is 3. The molecule has 3 heterocycles. The van der Waals surface area contributed by atoms with Crippen molar-refractivity contribution in [2.24, 2.45) is 4.99 Å². The van der Waals surface area contributed by atoms with Gasteiger partial charge in [-0.3, -0.25) is 10.1 Å². The molecule has 0 saturated heterocycles. The Kier molecular flexibility index (Phi) is 8.10. The van der Waals surface area contributed by atoms with E-state index in [9.17, 15) is 0 Å². The van der Waals surface area contributed by atoms with Crippen molar-refractivity contribution in [1.82, 2.24) is 25.8 Å². The molecule has 3 rings (SSSR count). The molecular weight excluding hydrogens is 463 g/mol. The maximum Gasteiger partial charge on any atom is 0.216 e. The molecule has 0 amide bonds. The van der Waals surface area contributed by atoms with Crippen molar-refractivity contribution in [1.29, 1.82) is 0 Å².